The van der Waals surface area contributed by atoms with E-state index in [4.69, 9.17) is 11.6 Å². The van der Waals surface area contributed by atoms with Crippen molar-refractivity contribution in [1.82, 2.24) is 4.90 Å². The van der Waals surface area contributed by atoms with Gasteiger partial charge in [-0.05, 0) is 43.0 Å². The molecule has 0 fully saturated rings. The number of hydrogen-bond donors (Lipinski definition) is 1. The average molecular weight is 347 g/mol. The van der Waals surface area contributed by atoms with Gasteiger partial charge in [-0.1, -0.05) is 23.7 Å². The van der Waals surface area contributed by atoms with E-state index in [1.54, 1.807) is 13.0 Å². The minimum atomic E-state index is -0.308. The van der Waals surface area contributed by atoms with Crippen LogP contribution in [0.2, 0.25) is 5.02 Å². The quantitative estimate of drug-likeness (QED) is 0.853. The fraction of sp³-hybridized carbons (Fsp3) is 0.176. The number of hydrogen-bond acceptors (Lipinski definition) is 4. The summed E-state index contributed by atoms with van der Waals surface area (Å²) in [5, 5.41) is 5.57. The van der Waals surface area contributed by atoms with Crippen LogP contribution in [-0.2, 0) is 9.59 Å². The molecule has 2 aromatic rings. The molecule has 0 atom stereocenters. The molecule has 118 valence electrons. The van der Waals surface area contributed by atoms with E-state index in [2.05, 4.69) is 5.32 Å². The second-order valence-electron chi connectivity index (χ2n) is 5.17. The highest BCUT2D eigenvalue weighted by atomic mass is 35.5. The van der Waals surface area contributed by atoms with E-state index >= 15 is 0 Å². The molecule has 3 rings (SSSR count). The van der Waals surface area contributed by atoms with Gasteiger partial charge in [-0.25, -0.2) is 0 Å². The first-order valence-corrected chi connectivity index (χ1v) is 8.46. The summed E-state index contributed by atoms with van der Waals surface area (Å²) >= 11 is 7.57. The summed E-state index contributed by atoms with van der Waals surface area (Å²) in [6, 6.07) is 9.16. The number of thiophene rings is 1. The third-order valence-electron chi connectivity index (χ3n) is 3.69. The lowest BCUT2D eigenvalue weighted by Crippen LogP contribution is -2.32. The minimum Gasteiger partial charge on any atom is -0.350 e. The van der Waals surface area contributed by atoms with Crippen LogP contribution in [0.1, 0.15) is 17.4 Å². The van der Waals surface area contributed by atoms with Crippen molar-refractivity contribution in [2.75, 3.05) is 11.9 Å². The summed E-state index contributed by atoms with van der Waals surface area (Å²) in [6.45, 7) is 4.03. The van der Waals surface area contributed by atoms with E-state index in [9.17, 15) is 9.59 Å². The maximum absolute atomic E-state index is 12.6. The van der Waals surface area contributed by atoms with Crippen molar-refractivity contribution in [3.05, 3.63) is 56.9 Å². The zero-order valence-electron chi connectivity index (χ0n) is 12.7. The number of carbonyl (C=O) groups is 2. The molecule has 0 saturated carbocycles. The summed E-state index contributed by atoms with van der Waals surface area (Å²) in [6.07, 6.45) is 0. The van der Waals surface area contributed by atoms with Gasteiger partial charge in [-0.2, -0.15) is 0 Å². The molecule has 0 unspecified atom stereocenters. The summed E-state index contributed by atoms with van der Waals surface area (Å²) in [5.74, 6) is -0.571. The van der Waals surface area contributed by atoms with E-state index in [1.165, 1.54) is 16.2 Å². The molecule has 1 aromatic carbocycles. The maximum Gasteiger partial charge on any atom is 0.278 e. The van der Waals surface area contributed by atoms with Gasteiger partial charge in [-0.15, -0.1) is 11.3 Å². The number of benzene rings is 1. The normalized spacial score (nSPS) is 14.8. The highest BCUT2D eigenvalue weighted by Gasteiger charge is 2.38. The van der Waals surface area contributed by atoms with Crippen molar-refractivity contribution >= 4 is 46.0 Å². The van der Waals surface area contributed by atoms with Crippen LogP contribution < -0.4 is 5.32 Å². The molecule has 0 radical (unpaired) electrons. The number of likely N-dealkylation sites (N-methyl/N-ethyl adjacent to an activating group) is 1. The molecule has 1 aliphatic rings. The molecule has 0 spiro atoms. The van der Waals surface area contributed by atoms with Crippen molar-refractivity contribution < 1.29 is 9.59 Å². The zero-order valence-corrected chi connectivity index (χ0v) is 14.3. The van der Waals surface area contributed by atoms with Gasteiger partial charge in [0.1, 0.15) is 5.70 Å². The number of amides is 2. The standard InChI is InChI=1S/C17H15ClN2O2S/c1-3-20-16(21)14(13-5-4-8-23-13)15(17(20)22)19-11-7-6-10(2)12(18)9-11/h4-9,19H,3H2,1-2H3. The number of nitrogens with zero attached hydrogens (tertiary/aromatic N) is 1. The van der Waals surface area contributed by atoms with Crippen LogP contribution >= 0.6 is 22.9 Å². The number of rotatable bonds is 4. The Labute approximate surface area is 143 Å². The number of halogens is 1. The highest BCUT2D eigenvalue weighted by Crippen LogP contribution is 2.33. The molecule has 6 heteroatoms. The second kappa shape index (κ2) is 6.18. The van der Waals surface area contributed by atoms with Crippen LogP contribution in [0.15, 0.2) is 41.4 Å². The van der Waals surface area contributed by atoms with Gasteiger partial charge in [0, 0.05) is 22.1 Å². The SMILES string of the molecule is CCN1C(=O)C(Nc2ccc(C)c(Cl)c2)=C(c2cccs2)C1=O. The molecule has 23 heavy (non-hydrogen) atoms. The molecule has 1 aliphatic heterocycles. The van der Waals surface area contributed by atoms with E-state index in [1.807, 2.05) is 36.6 Å². The summed E-state index contributed by atoms with van der Waals surface area (Å²) in [4.78, 5) is 27.1. The fourth-order valence-corrected chi connectivity index (χ4v) is 3.39. The van der Waals surface area contributed by atoms with Crippen LogP contribution in [0.3, 0.4) is 0 Å². The van der Waals surface area contributed by atoms with Crippen molar-refractivity contribution in [2.24, 2.45) is 0 Å². The summed E-state index contributed by atoms with van der Waals surface area (Å²) in [5.41, 5.74) is 2.36. The number of carbonyl (C=O) groups excluding carboxylic acids is 2. The third kappa shape index (κ3) is 2.78. The molecule has 2 heterocycles. The number of imide groups is 1. The number of nitrogens with one attached hydrogen (secondary N) is 1. The van der Waals surface area contributed by atoms with Crippen LogP contribution in [-0.4, -0.2) is 23.3 Å². The monoisotopic (exact) mass is 346 g/mol. The van der Waals surface area contributed by atoms with E-state index in [0.29, 0.717) is 28.5 Å². The Morgan fingerprint density at radius 2 is 2.00 bits per heavy atom. The fourth-order valence-electron chi connectivity index (χ4n) is 2.44. The van der Waals surface area contributed by atoms with Crippen molar-refractivity contribution in [3.8, 4) is 0 Å². The van der Waals surface area contributed by atoms with Gasteiger partial charge in [0.15, 0.2) is 0 Å². The Hall–Kier alpha value is -2.11. The van der Waals surface area contributed by atoms with Crippen LogP contribution in [0, 0.1) is 6.92 Å². The first-order valence-electron chi connectivity index (χ1n) is 7.20. The molecule has 1 aromatic heterocycles. The third-order valence-corrected chi connectivity index (χ3v) is 4.99. The summed E-state index contributed by atoms with van der Waals surface area (Å²) in [7, 11) is 0. The molecule has 1 N–H and O–H groups in total. The van der Waals surface area contributed by atoms with Gasteiger partial charge < -0.3 is 5.32 Å². The largest absolute Gasteiger partial charge is 0.350 e. The molecule has 4 nitrogen and oxygen atoms in total. The molecule has 0 bridgehead atoms. The lowest BCUT2D eigenvalue weighted by molar-refractivity contribution is -0.136. The minimum absolute atomic E-state index is 0.263. The van der Waals surface area contributed by atoms with E-state index < -0.39 is 0 Å². The lowest BCUT2D eigenvalue weighted by atomic mass is 10.1. The van der Waals surface area contributed by atoms with E-state index in [-0.39, 0.29) is 11.8 Å². The lowest BCUT2D eigenvalue weighted by Gasteiger charge is -2.12. The Balaban J connectivity index is 2.06. The Bertz CT molecular complexity index is 812. The van der Waals surface area contributed by atoms with Crippen LogP contribution in [0.5, 0.6) is 0 Å². The van der Waals surface area contributed by atoms with Gasteiger partial charge in [0.25, 0.3) is 11.8 Å². The highest BCUT2D eigenvalue weighted by molar-refractivity contribution is 7.11. The topological polar surface area (TPSA) is 49.4 Å². The molecular formula is C17H15ClN2O2S. The molecular weight excluding hydrogens is 332 g/mol. The van der Waals surface area contributed by atoms with Crippen molar-refractivity contribution in [3.63, 3.8) is 0 Å². The second-order valence-corrected chi connectivity index (χ2v) is 6.53. The van der Waals surface area contributed by atoms with Crippen LogP contribution in [0.4, 0.5) is 5.69 Å². The molecule has 0 aliphatic carbocycles. The van der Waals surface area contributed by atoms with Gasteiger partial charge in [0.2, 0.25) is 0 Å². The van der Waals surface area contributed by atoms with Gasteiger partial charge in [0.05, 0.1) is 5.57 Å². The van der Waals surface area contributed by atoms with Crippen molar-refractivity contribution in [1.29, 1.82) is 0 Å². The van der Waals surface area contributed by atoms with Crippen LogP contribution in [0.25, 0.3) is 5.57 Å². The average Bonchev–Trinajstić information content (AvgIpc) is 3.11. The Morgan fingerprint density at radius 3 is 2.61 bits per heavy atom. The van der Waals surface area contributed by atoms with Crippen molar-refractivity contribution in [2.45, 2.75) is 13.8 Å². The number of anilines is 1. The van der Waals surface area contributed by atoms with Gasteiger partial charge in [-0.3, -0.25) is 14.5 Å². The first-order chi connectivity index (χ1) is 11.0. The summed E-state index contributed by atoms with van der Waals surface area (Å²) < 4.78 is 0. The Morgan fingerprint density at radius 1 is 1.22 bits per heavy atom. The van der Waals surface area contributed by atoms with E-state index in [0.717, 1.165) is 10.4 Å². The van der Waals surface area contributed by atoms with Gasteiger partial charge >= 0.3 is 0 Å². The maximum atomic E-state index is 12.6. The first kappa shape index (κ1) is 15.8. The predicted octanol–water partition coefficient (Wildman–Crippen LogP) is 3.92. The Kier molecular flexibility index (Phi) is 4.24. The number of aryl methyl sites for hydroxylation is 1. The smallest absolute Gasteiger partial charge is 0.278 e. The molecule has 2 amide bonds. The zero-order chi connectivity index (χ0) is 16.6. The predicted molar refractivity (Wildman–Crippen MR) is 93.4 cm³/mol. The molecule has 0 saturated heterocycles.